The van der Waals surface area contributed by atoms with E-state index < -0.39 is 20.8 Å². The van der Waals surface area contributed by atoms with Crippen molar-refractivity contribution in [1.82, 2.24) is 18.7 Å². The Morgan fingerprint density at radius 2 is 1.97 bits per heavy atom. The van der Waals surface area contributed by atoms with Crippen LogP contribution < -0.4 is 10.1 Å². The summed E-state index contributed by atoms with van der Waals surface area (Å²) in [5.74, 6) is 2.26. The third kappa shape index (κ3) is 2.94. The van der Waals surface area contributed by atoms with Crippen LogP contribution in [0.3, 0.4) is 0 Å². The van der Waals surface area contributed by atoms with Crippen molar-refractivity contribution in [2.24, 2.45) is 0 Å². The molecule has 0 aliphatic carbocycles. The predicted molar refractivity (Wildman–Crippen MR) is 137 cm³/mol. The Kier molecular flexibility index (Phi) is 4.64. The van der Waals surface area contributed by atoms with Crippen molar-refractivity contribution >= 4 is 38.2 Å². The highest BCUT2D eigenvalue weighted by Gasteiger charge is 2.40. The molecule has 0 atom stereocenters. The lowest BCUT2D eigenvalue weighted by atomic mass is 9.92. The zero-order valence-electron chi connectivity index (χ0n) is 20.2. The van der Waals surface area contributed by atoms with Crippen molar-refractivity contribution in [3.63, 3.8) is 0 Å². The molecule has 2 aromatic heterocycles. The minimum atomic E-state index is -3.52. The first-order valence-electron chi connectivity index (χ1n) is 11.6. The molecule has 8 nitrogen and oxygen atoms in total. The van der Waals surface area contributed by atoms with Crippen molar-refractivity contribution in [3.05, 3.63) is 52.7 Å². The highest BCUT2D eigenvalue weighted by atomic mass is 35.5. The summed E-state index contributed by atoms with van der Waals surface area (Å²) in [4.78, 5) is 0. The molecule has 4 aromatic rings. The van der Waals surface area contributed by atoms with Crippen molar-refractivity contribution in [2.45, 2.75) is 51.8 Å². The molecule has 182 valence electrons. The number of rotatable bonds is 3. The first-order chi connectivity index (χ1) is 16.5. The summed E-state index contributed by atoms with van der Waals surface area (Å²) in [6.07, 6.45) is 2.35. The van der Waals surface area contributed by atoms with E-state index in [1.807, 2.05) is 35.8 Å². The van der Waals surface area contributed by atoms with Gasteiger partial charge in [0.25, 0.3) is 0 Å². The minimum absolute atomic E-state index is 0.447. The summed E-state index contributed by atoms with van der Waals surface area (Å²) in [6, 6.07) is 7.47. The SMILES string of the molecule is Cc1nnc2n1-c1c(Cl)c(-c3cccc4c3ccn4S(=O)(=O)C(C)C)c3c(c1NC2(C)C)CCO3. The van der Waals surface area contributed by atoms with E-state index in [2.05, 4.69) is 29.4 Å². The van der Waals surface area contributed by atoms with Crippen molar-refractivity contribution < 1.29 is 13.2 Å². The van der Waals surface area contributed by atoms with Gasteiger partial charge in [0.05, 0.1) is 39.3 Å². The van der Waals surface area contributed by atoms with Gasteiger partial charge >= 0.3 is 0 Å². The minimum Gasteiger partial charge on any atom is -0.492 e. The second-order valence-corrected chi connectivity index (χ2v) is 12.7. The maximum atomic E-state index is 13.0. The Balaban J connectivity index is 1.69. The van der Waals surface area contributed by atoms with Crippen LogP contribution in [0.15, 0.2) is 30.5 Å². The Morgan fingerprint density at radius 3 is 2.71 bits per heavy atom. The van der Waals surface area contributed by atoms with Gasteiger partial charge in [-0.05, 0) is 52.3 Å². The highest BCUT2D eigenvalue weighted by molar-refractivity contribution is 7.90. The van der Waals surface area contributed by atoms with Crippen LogP contribution in [0.1, 0.15) is 44.9 Å². The monoisotopic (exact) mass is 511 g/mol. The molecule has 2 aromatic carbocycles. The zero-order valence-corrected chi connectivity index (χ0v) is 21.8. The standard InChI is InChI=1S/C25H26ClN5O3S/c1-13(2)35(32,33)30-11-9-15-16(7-6-8-18(15)30)19-20(26)22-21(17-10-12-34-23(17)19)27-25(4,5)24-29-28-14(3)31(22)24/h6-9,11,13,27H,10,12H2,1-5H3. The summed E-state index contributed by atoms with van der Waals surface area (Å²) in [5.41, 5.74) is 4.52. The summed E-state index contributed by atoms with van der Waals surface area (Å²) in [5, 5.41) is 13.2. The van der Waals surface area contributed by atoms with E-state index in [1.165, 1.54) is 3.97 Å². The van der Waals surface area contributed by atoms with Gasteiger partial charge in [-0.3, -0.25) is 4.57 Å². The topological polar surface area (TPSA) is 91.0 Å². The summed E-state index contributed by atoms with van der Waals surface area (Å²) in [6.45, 7) is 9.96. The number of nitrogens with zero attached hydrogens (tertiary/aromatic N) is 4. The number of hydrogen-bond acceptors (Lipinski definition) is 6. The first kappa shape index (κ1) is 22.4. The van der Waals surface area contributed by atoms with E-state index >= 15 is 0 Å². The van der Waals surface area contributed by atoms with Gasteiger partial charge in [-0.2, -0.15) is 0 Å². The number of hydrogen-bond donors (Lipinski definition) is 1. The summed E-state index contributed by atoms with van der Waals surface area (Å²) in [7, 11) is -3.52. The zero-order chi connectivity index (χ0) is 24.9. The van der Waals surface area contributed by atoms with Gasteiger partial charge in [-0.1, -0.05) is 23.7 Å². The second-order valence-electron chi connectivity index (χ2n) is 9.92. The second kappa shape index (κ2) is 7.24. The van der Waals surface area contributed by atoms with Crippen molar-refractivity contribution in [1.29, 1.82) is 0 Å². The van der Waals surface area contributed by atoms with Gasteiger partial charge in [0.15, 0.2) is 5.82 Å². The van der Waals surface area contributed by atoms with Crippen LogP contribution in [0.25, 0.3) is 27.7 Å². The van der Waals surface area contributed by atoms with Gasteiger partial charge in [0.1, 0.15) is 11.6 Å². The number of benzene rings is 2. The molecule has 10 heteroatoms. The lowest BCUT2D eigenvalue weighted by molar-refractivity contribution is 0.358. The van der Waals surface area contributed by atoms with E-state index in [9.17, 15) is 8.42 Å². The van der Waals surface area contributed by atoms with Crippen LogP contribution in [0.5, 0.6) is 5.75 Å². The normalized spacial score (nSPS) is 16.1. The van der Waals surface area contributed by atoms with Gasteiger partial charge in [-0.15, -0.1) is 10.2 Å². The van der Waals surface area contributed by atoms with Gasteiger partial charge in [0, 0.05) is 29.1 Å². The van der Waals surface area contributed by atoms with Crippen molar-refractivity contribution in [3.8, 4) is 22.6 Å². The van der Waals surface area contributed by atoms with Crippen LogP contribution in [-0.2, 0) is 22.0 Å². The number of aryl methyl sites for hydroxylation is 1. The number of fused-ring (bicyclic) bond motifs is 6. The summed E-state index contributed by atoms with van der Waals surface area (Å²) >= 11 is 7.22. The molecular formula is C25H26ClN5O3S. The smallest absolute Gasteiger partial charge is 0.241 e. The van der Waals surface area contributed by atoms with Crippen LogP contribution in [0.4, 0.5) is 5.69 Å². The van der Waals surface area contributed by atoms with Crippen LogP contribution in [-0.4, -0.2) is 39.0 Å². The molecule has 0 amide bonds. The molecule has 2 aliphatic heterocycles. The lowest BCUT2D eigenvalue weighted by Crippen LogP contribution is -2.36. The number of anilines is 1. The van der Waals surface area contributed by atoms with Crippen LogP contribution in [0.2, 0.25) is 5.02 Å². The number of ether oxygens (including phenoxy) is 1. The molecule has 0 radical (unpaired) electrons. The third-order valence-corrected chi connectivity index (χ3v) is 9.37. The molecule has 0 saturated heterocycles. The van der Waals surface area contributed by atoms with Gasteiger partial charge in [-0.25, -0.2) is 12.4 Å². The molecule has 0 bridgehead atoms. The van der Waals surface area contributed by atoms with E-state index in [4.69, 9.17) is 16.3 Å². The molecule has 0 spiro atoms. The average molecular weight is 512 g/mol. The fraction of sp³-hybridized carbons (Fsp3) is 0.360. The Labute approximate surface area is 208 Å². The molecule has 0 unspecified atom stereocenters. The number of nitrogens with one attached hydrogen (secondary N) is 1. The Morgan fingerprint density at radius 1 is 1.20 bits per heavy atom. The Bertz CT molecular complexity index is 1650. The largest absolute Gasteiger partial charge is 0.492 e. The van der Waals surface area contributed by atoms with Gasteiger partial charge < -0.3 is 10.1 Å². The molecule has 0 fully saturated rings. The molecule has 0 saturated carbocycles. The highest BCUT2D eigenvalue weighted by Crippen LogP contribution is 2.54. The third-order valence-electron chi connectivity index (χ3n) is 6.95. The maximum Gasteiger partial charge on any atom is 0.241 e. The average Bonchev–Trinajstić information content (AvgIpc) is 3.52. The molecule has 6 rings (SSSR count). The number of halogens is 1. The fourth-order valence-electron chi connectivity index (χ4n) is 5.19. The van der Waals surface area contributed by atoms with E-state index in [-0.39, 0.29) is 0 Å². The molecule has 1 N–H and O–H groups in total. The van der Waals surface area contributed by atoms with Crippen molar-refractivity contribution in [2.75, 3.05) is 11.9 Å². The molecule has 2 aliphatic rings. The fourth-order valence-corrected chi connectivity index (χ4v) is 6.67. The van der Waals surface area contributed by atoms with E-state index in [0.29, 0.717) is 17.1 Å². The molecule has 4 heterocycles. The predicted octanol–water partition coefficient (Wildman–Crippen LogP) is 5.03. The quantitative estimate of drug-likeness (QED) is 0.414. The lowest BCUT2D eigenvalue weighted by Gasteiger charge is -2.36. The van der Waals surface area contributed by atoms with Crippen LogP contribution in [0, 0.1) is 6.92 Å². The number of aromatic nitrogens is 4. The molecule has 35 heavy (non-hydrogen) atoms. The molecular weight excluding hydrogens is 486 g/mol. The summed E-state index contributed by atoms with van der Waals surface area (Å²) < 4.78 is 35.5. The first-order valence-corrected chi connectivity index (χ1v) is 13.5. The van der Waals surface area contributed by atoms with E-state index in [0.717, 1.165) is 57.3 Å². The maximum absolute atomic E-state index is 13.0. The van der Waals surface area contributed by atoms with Crippen LogP contribution >= 0.6 is 11.6 Å². The van der Waals surface area contributed by atoms with E-state index in [1.54, 1.807) is 20.0 Å². The van der Waals surface area contributed by atoms with Gasteiger partial charge in [0.2, 0.25) is 10.0 Å². The Hall–Kier alpha value is -3.04.